The number of nitro groups is 1. The van der Waals surface area contributed by atoms with Crippen LogP contribution in [0.2, 0.25) is 0 Å². The number of rotatable bonds is 4. The molecular weight excluding hydrogens is 343 g/mol. The van der Waals surface area contributed by atoms with E-state index in [9.17, 15) is 28.1 Å². The average Bonchev–Trinajstić information content (AvgIpc) is 2.53. The van der Waals surface area contributed by atoms with Crippen LogP contribution in [0.4, 0.5) is 18.9 Å². The highest BCUT2D eigenvalue weighted by Gasteiger charge is 2.33. The van der Waals surface area contributed by atoms with Crippen molar-refractivity contribution in [3.05, 3.63) is 63.0 Å². The van der Waals surface area contributed by atoms with Crippen molar-refractivity contribution in [2.24, 2.45) is 5.73 Å². The molecule has 0 aliphatic rings. The first kappa shape index (κ1) is 18.3. The highest BCUT2D eigenvalue weighted by atomic mass is 19.4. The van der Waals surface area contributed by atoms with Gasteiger partial charge in [0.05, 0.1) is 16.2 Å². The number of pyridine rings is 1. The van der Waals surface area contributed by atoms with Crippen molar-refractivity contribution < 1.29 is 27.6 Å². The van der Waals surface area contributed by atoms with Crippen LogP contribution in [0.1, 0.15) is 27.3 Å². The largest absolute Gasteiger partial charge is 0.433 e. The number of aryl methyl sites for hydroxylation is 1. The number of carbonyl (C=O) groups is 1. The molecule has 0 saturated carbocycles. The Balaban J connectivity index is 2.36. The van der Waals surface area contributed by atoms with E-state index in [-0.39, 0.29) is 23.6 Å². The Kier molecular flexibility index (Phi) is 5.02. The molecule has 132 valence electrons. The lowest BCUT2D eigenvalue weighted by atomic mass is 10.1. The van der Waals surface area contributed by atoms with Gasteiger partial charge < -0.3 is 10.5 Å². The molecule has 2 N–H and O–H groups in total. The first-order valence-electron chi connectivity index (χ1n) is 6.88. The molecule has 0 spiro atoms. The summed E-state index contributed by atoms with van der Waals surface area (Å²) in [7, 11) is 0. The summed E-state index contributed by atoms with van der Waals surface area (Å²) in [6.45, 7) is 1.26. The molecule has 0 radical (unpaired) electrons. The van der Waals surface area contributed by atoms with Gasteiger partial charge in [-0.3, -0.25) is 10.1 Å². The number of nitrogens with zero attached hydrogens (tertiary/aromatic N) is 2. The molecule has 0 atom stereocenters. The zero-order chi connectivity index (χ0) is 18.8. The van der Waals surface area contributed by atoms with Gasteiger partial charge in [0.2, 0.25) is 5.75 Å². The zero-order valence-corrected chi connectivity index (χ0v) is 12.8. The molecule has 2 rings (SSSR count). The summed E-state index contributed by atoms with van der Waals surface area (Å²) in [5.41, 5.74) is 3.85. The summed E-state index contributed by atoms with van der Waals surface area (Å²) in [6.07, 6.45) is -4.65. The summed E-state index contributed by atoms with van der Waals surface area (Å²) < 4.78 is 42.8. The van der Waals surface area contributed by atoms with Crippen LogP contribution in [-0.2, 0) is 12.7 Å². The first-order valence-corrected chi connectivity index (χ1v) is 6.88. The molecule has 0 aliphatic carbocycles. The van der Waals surface area contributed by atoms with Crippen LogP contribution in [0.25, 0.3) is 0 Å². The first-order chi connectivity index (χ1) is 11.6. The normalized spacial score (nSPS) is 11.2. The van der Waals surface area contributed by atoms with Gasteiger partial charge in [0.15, 0.2) is 0 Å². The third kappa shape index (κ3) is 4.10. The fourth-order valence-corrected chi connectivity index (χ4v) is 2.01. The molecule has 0 fully saturated rings. The number of alkyl halides is 3. The molecule has 2 aromatic rings. The molecule has 0 amide bonds. The van der Waals surface area contributed by atoms with Crippen LogP contribution < -0.4 is 10.5 Å². The average molecular weight is 355 g/mol. The standard InChI is InChI=1S/C15H12F3N3O4/c1-8-10(3-5-13(20-8)15(16,17)18)14(22)25-12-6-9(7-19)2-4-11(12)21(23)24/h2-6H,7,19H2,1H3. The number of nitrogens with two attached hydrogens (primary N) is 1. The Morgan fingerprint density at radius 3 is 2.52 bits per heavy atom. The minimum absolute atomic E-state index is 0.0589. The Morgan fingerprint density at radius 2 is 2.00 bits per heavy atom. The fourth-order valence-electron chi connectivity index (χ4n) is 2.01. The van der Waals surface area contributed by atoms with Gasteiger partial charge in [-0.05, 0) is 30.7 Å². The van der Waals surface area contributed by atoms with Crippen LogP contribution in [-0.4, -0.2) is 15.9 Å². The van der Waals surface area contributed by atoms with E-state index in [4.69, 9.17) is 10.5 Å². The van der Waals surface area contributed by atoms with E-state index >= 15 is 0 Å². The molecule has 1 aromatic carbocycles. The second-order valence-electron chi connectivity index (χ2n) is 4.98. The third-order valence-electron chi connectivity index (χ3n) is 3.26. The van der Waals surface area contributed by atoms with Gasteiger partial charge in [0, 0.05) is 12.6 Å². The van der Waals surface area contributed by atoms with E-state index in [0.29, 0.717) is 11.6 Å². The van der Waals surface area contributed by atoms with Gasteiger partial charge in [0.25, 0.3) is 0 Å². The van der Waals surface area contributed by atoms with Crippen molar-refractivity contribution in [3.8, 4) is 5.75 Å². The molecule has 0 saturated heterocycles. The van der Waals surface area contributed by atoms with Gasteiger partial charge in [0.1, 0.15) is 5.69 Å². The number of benzene rings is 1. The lowest BCUT2D eigenvalue weighted by Crippen LogP contribution is -2.15. The van der Waals surface area contributed by atoms with Crippen molar-refractivity contribution in [2.45, 2.75) is 19.6 Å². The third-order valence-corrected chi connectivity index (χ3v) is 3.26. The summed E-state index contributed by atoms with van der Waals surface area (Å²) in [5, 5.41) is 11.0. The Labute approximate surface area is 139 Å². The second kappa shape index (κ2) is 6.85. The van der Waals surface area contributed by atoms with Crippen LogP contribution in [0.5, 0.6) is 5.75 Å². The zero-order valence-electron chi connectivity index (χ0n) is 12.8. The lowest BCUT2D eigenvalue weighted by molar-refractivity contribution is -0.385. The second-order valence-corrected chi connectivity index (χ2v) is 4.98. The number of aromatic nitrogens is 1. The van der Waals surface area contributed by atoms with Gasteiger partial charge in [-0.1, -0.05) is 6.07 Å². The van der Waals surface area contributed by atoms with E-state index in [1.54, 1.807) is 0 Å². The van der Waals surface area contributed by atoms with Gasteiger partial charge >= 0.3 is 17.8 Å². The molecule has 0 unspecified atom stereocenters. The SMILES string of the molecule is Cc1nc(C(F)(F)F)ccc1C(=O)Oc1cc(CN)ccc1[N+](=O)[O-]. The van der Waals surface area contributed by atoms with Crippen LogP contribution >= 0.6 is 0 Å². The van der Waals surface area contributed by atoms with E-state index in [1.807, 2.05) is 0 Å². The Bertz CT molecular complexity index is 837. The minimum Gasteiger partial charge on any atom is -0.415 e. The van der Waals surface area contributed by atoms with Gasteiger partial charge in [-0.2, -0.15) is 13.2 Å². The summed E-state index contributed by atoms with van der Waals surface area (Å²) in [5.74, 6) is -1.41. The molecular formula is C15H12F3N3O4. The molecule has 1 heterocycles. The monoisotopic (exact) mass is 355 g/mol. The smallest absolute Gasteiger partial charge is 0.415 e. The predicted molar refractivity (Wildman–Crippen MR) is 79.9 cm³/mol. The maximum absolute atomic E-state index is 12.6. The molecule has 7 nitrogen and oxygen atoms in total. The van der Waals surface area contributed by atoms with E-state index < -0.39 is 28.5 Å². The maximum atomic E-state index is 12.6. The molecule has 25 heavy (non-hydrogen) atoms. The number of ether oxygens (including phenoxy) is 1. The predicted octanol–water partition coefficient (Wildman–Crippen LogP) is 2.99. The van der Waals surface area contributed by atoms with Crippen molar-refractivity contribution in [3.63, 3.8) is 0 Å². The molecule has 10 heteroatoms. The number of hydrogen-bond donors (Lipinski definition) is 1. The maximum Gasteiger partial charge on any atom is 0.433 e. The Hall–Kier alpha value is -3.01. The lowest BCUT2D eigenvalue weighted by Gasteiger charge is -2.10. The molecule has 1 aromatic heterocycles. The van der Waals surface area contributed by atoms with Crippen LogP contribution in [0, 0.1) is 17.0 Å². The number of nitro benzene ring substituents is 1. The number of halogens is 3. The number of carbonyl (C=O) groups excluding carboxylic acids is 1. The van der Waals surface area contributed by atoms with Crippen molar-refractivity contribution in [1.29, 1.82) is 0 Å². The van der Waals surface area contributed by atoms with Crippen LogP contribution in [0.3, 0.4) is 0 Å². The highest BCUT2D eigenvalue weighted by molar-refractivity contribution is 5.92. The van der Waals surface area contributed by atoms with Crippen molar-refractivity contribution in [1.82, 2.24) is 4.98 Å². The molecule has 0 aliphatic heterocycles. The van der Waals surface area contributed by atoms with Gasteiger partial charge in [-0.15, -0.1) is 0 Å². The molecule has 0 bridgehead atoms. The Morgan fingerprint density at radius 1 is 1.32 bits per heavy atom. The van der Waals surface area contributed by atoms with Crippen molar-refractivity contribution >= 4 is 11.7 Å². The van der Waals surface area contributed by atoms with E-state index in [2.05, 4.69) is 4.98 Å². The summed E-state index contributed by atoms with van der Waals surface area (Å²) in [4.78, 5) is 25.7. The summed E-state index contributed by atoms with van der Waals surface area (Å²) >= 11 is 0. The van der Waals surface area contributed by atoms with Crippen LogP contribution in [0.15, 0.2) is 30.3 Å². The number of esters is 1. The fraction of sp³-hybridized carbons (Fsp3) is 0.200. The van der Waals surface area contributed by atoms with Gasteiger partial charge in [-0.25, -0.2) is 9.78 Å². The van der Waals surface area contributed by atoms with Crippen molar-refractivity contribution in [2.75, 3.05) is 0 Å². The van der Waals surface area contributed by atoms with E-state index in [1.165, 1.54) is 19.1 Å². The summed E-state index contributed by atoms with van der Waals surface area (Å²) in [6, 6.07) is 5.30. The topological polar surface area (TPSA) is 108 Å². The minimum atomic E-state index is -4.65. The highest BCUT2D eigenvalue weighted by Crippen LogP contribution is 2.30. The quantitative estimate of drug-likeness (QED) is 0.391. The number of hydrogen-bond acceptors (Lipinski definition) is 6. The van der Waals surface area contributed by atoms with E-state index in [0.717, 1.165) is 12.1 Å².